The van der Waals surface area contributed by atoms with Gasteiger partial charge < -0.3 is 15.1 Å². The second kappa shape index (κ2) is 9.32. The zero-order valence-electron chi connectivity index (χ0n) is 17.2. The molecule has 2 aromatic heterocycles. The maximum atomic E-state index is 11.8. The predicted octanol–water partition coefficient (Wildman–Crippen LogP) is 5.84. The molecule has 4 nitrogen and oxygen atoms in total. The van der Waals surface area contributed by atoms with Gasteiger partial charge >= 0.3 is 0 Å². The van der Waals surface area contributed by atoms with E-state index in [9.17, 15) is 4.79 Å². The smallest absolute Gasteiger partial charge is 0.0964 e. The SMILES string of the molecule is CC.Cc1c(C)c(C)c(Cn2c(C([NH-])=O)cc3ncccc32)c(C)c1C.[W]. The van der Waals surface area contributed by atoms with Crippen LogP contribution >= 0.6 is 0 Å². The summed E-state index contributed by atoms with van der Waals surface area (Å²) in [5.74, 6) is -0.677. The van der Waals surface area contributed by atoms with Crippen LogP contribution in [0.1, 0.15) is 57.7 Å². The fourth-order valence-electron chi connectivity index (χ4n) is 3.42. The van der Waals surface area contributed by atoms with E-state index in [1.54, 1.807) is 12.3 Å². The van der Waals surface area contributed by atoms with Crippen LogP contribution in [0.2, 0.25) is 0 Å². The van der Waals surface area contributed by atoms with Crippen LogP contribution < -0.4 is 0 Å². The minimum absolute atomic E-state index is 0. The van der Waals surface area contributed by atoms with Crippen molar-refractivity contribution in [2.24, 2.45) is 0 Å². The molecule has 0 fully saturated rings. The summed E-state index contributed by atoms with van der Waals surface area (Å²) in [4.78, 5) is 16.1. The maximum Gasteiger partial charge on any atom is 0.0964 e. The predicted molar refractivity (Wildman–Crippen MR) is 109 cm³/mol. The van der Waals surface area contributed by atoms with E-state index in [0.717, 1.165) is 11.0 Å². The number of carbonyl (C=O) groups excluding carboxylic acids is 1. The summed E-state index contributed by atoms with van der Waals surface area (Å²) in [6, 6.07) is 5.53. The van der Waals surface area contributed by atoms with Crippen LogP contribution in [0.15, 0.2) is 24.4 Å². The van der Waals surface area contributed by atoms with Gasteiger partial charge in [0, 0.05) is 33.8 Å². The fraction of sp³-hybridized carbons (Fsp3) is 0.364. The number of hydrogen-bond acceptors (Lipinski definition) is 2. The standard InChI is InChI=1S/C20H23N3O.C2H6.W/c1-11-12(2)14(4)16(15(5)13(11)3)10-23-18-7-6-8-22-17(18)9-19(23)20(21)24;1-2;/h6-9H,10H2,1-5H3,(H2,21,24);1-2H3;/p-1. The summed E-state index contributed by atoms with van der Waals surface area (Å²) in [6.07, 6.45) is 1.71. The normalized spacial score (nSPS) is 10.2. The van der Waals surface area contributed by atoms with Crippen LogP contribution in [0.4, 0.5) is 0 Å². The van der Waals surface area contributed by atoms with Crippen molar-refractivity contribution in [1.82, 2.24) is 9.55 Å². The van der Waals surface area contributed by atoms with Crippen molar-refractivity contribution in [3.63, 3.8) is 0 Å². The van der Waals surface area contributed by atoms with Gasteiger partial charge in [-0.05, 0) is 86.2 Å². The van der Waals surface area contributed by atoms with Crippen LogP contribution in [-0.4, -0.2) is 15.5 Å². The van der Waals surface area contributed by atoms with Crippen molar-refractivity contribution >= 4 is 16.9 Å². The van der Waals surface area contributed by atoms with Gasteiger partial charge in [0.2, 0.25) is 0 Å². The number of nitrogens with zero attached hydrogens (tertiary/aromatic N) is 2. The van der Waals surface area contributed by atoms with Crippen LogP contribution in [0.3, 0.4) is 0 Å². The number of pyridine rings is 1. The molecule has 5 heteroatoms. The van der Waals surface area contributed by atoms with Crippen molar-refractivity contribution in [2.45, 2.75) is 55.0 Å². The van der Waals surface area contributed by atoms with E-state index in [1.807, 2.05) is 30.5 Å². The molecule has 1 amide bonds. The molecule has 0 aliphatic rings. The van der Waals surface area contributed by atoms with Gasteiger partial charge in [-0.15, -0.1) is 0 Å². The van der Waals surface area contributed by atoms with Crippen molar-refractivity contribution in [3.8, 4) is 0 Å². The Hall–Kier alpha value is -1.93. The van der Waals surface area contributed by atoms with E-state index in [0.29, 0.717) is 12.2 Å². The largest absolute Gasteiger partial charge is 0.662 e. The Labute approximate surface area is 176 Å². The number of fused-ring (bicyclic) bond motifs is 1. The molecule has 1 aromatic carbocycles. The van der Waals surface area contributed by atoms with E-state index in [2.05, 4.69) is 39.6 Å². The number of aromatic nitrogens is 2. The Morgan fingerprint density at radius 3 is 2.04 bits per heavy atom. The first-order valence-electron chi connectivity index (χ1n) is 9.09. The molecule has 144 valence electrons. The van der Waals surface area contributed by atoms with Gasteiger partial charge in [0.1, 0.15) is 0 Å². The second-order valence-electron chi connectivity index (χ2n) is 6.46. The van der Waals surface area contributed by atoms with Gasteiger partial charge in [0.15, 0.2) is 0 Å². The number of hydrogen-bond donors (Lipinski definition) is 0. The average molecular weight is 534 g/mol. The van der Waals surface area contributed by atoms with Gasteiger partial charge in [-0.1, -0.05) is 13.8 Å². The third-order valence-corrected chi connectivity index (χ3v) is 5.38. The monoisotopic (exact) mass is 534 g/mol. The van der Waals surface area contributed by atoms with Crippen molar-refractivity contribution in [3.05, 3.63) is 69.2 Å². The average Bonchev–Trinajstić information content (AvgIpc) is 3.02. The summed E-state index contributed by atoms with van der Waals surface area (Å²) in [6.45, 7) is 15.3. The molecule has 0 atom stereocenters. The van der Waals surface area contributed by atoms with Gasteiger partial charge in [-0.3, -0.25) is 4.98 Å². The van der Waals surface area contributed by atoms with Crippen LogP contribution in [0.25, 0.3) is 16.8 Å². The molecule has 2 heterocycles. The molecule has 0 aliphatic heterocycles. The van der Waals surface area contributed by atoms with Gasteiger partial charge in [-0.2, -0.15) is 0 Å². The van der Waals surface area contributed by atoms with Crippen LogP contribution in [0, 0.1) is 34.6 Å². The number of benzene rings is 1. The third-order valence-electron chi connectivity index (χ3n) is 5.38. The first-order chi connectivity index (χ1) is 12.3. The number of carbonyl (C=O) groups is 1. The molecule has 0 spiro atoms. The van der Waals surface area contributed by atoms with E-state index >= 15 is 0 Å². The number of rotatable bonds is 3. The van der Waals surface area contributed by atoms with Gasteiger partial charge in [0.25, 0.3) is 0 Å². The molecule has 1 N–H and O–H groups in total. The molecular formula is C22H28N3OW-. The minimum atomic E-state index is -0.677. The molecule has 0 bridgehead atoms. The molecule has 27 heavy (non-hydrogen) atoms. The van der Waals surface area contributed by atoms with Gasteiger partial charge in [0.05, 0.1) is 22.6 Å². The first kappa shape index (κ1) is 23.1. The number of amides is 1. The Balaban J connectivity index is 0.00000118. The van der Waals surface area contributed by atoms with Gasteiger partial charge in [-0.25, -0.2) is 0 Å². The maximum absolute atomic E-state index is 11.8. The molecule has 0 saturated carbocycles. The van der Waals surface area contributed by atoms with Crippen LogP contribution in [0.5, 0.6) is 0 Å². The molecule has 0 unspecified atom stereocenters. The van der Waals surface area contributed by atoms with E-state index in [-0.39, 0.29) is 21.1 Å². The quantitative estimate of drug-likeness (QED) is 0.424. The summed E-state index contributed by atoms with van der Waals surface area (Å²) >= 11 is 0. The molecule has 0 radical (unpaired) electrons. The molecule has 0 saturated heterocycles. The molecule has 3 aromatic rings. The molecule has 3 rings (SSSR count). The topological polar surface area (TPSA) is 58.7 Å². The zero-order valence-corrected chi connectivity index (χ0v) is 20.2. The molecular weight excluding hydrogens is 506 g/mol. The Bertz CT molecular complexity index is 944. The fourth-order valence-corrected chi connectivity index (χ4v) is 3.42. The first-order valence-corrected chi connectivity index (χ1v) is 9.09. The summed E-state index contributed by atoms with van der Waals surface area (Å²) in [5, 5.41) is 0. The van der Waals surface area contributed by atoms with Crippen LogP contribution in [-0.2, 0) is 27.6 Å². The number of nitrogens with one attached hydrogen (secondary N) is 1. The molecule has 0 aliphatic carbocycles. The van der Waals surface area contributed by atoms with Crippen molar-refractivity contribution in [1.29, 1.82) is 0 Å². The summed E-state index contributed by atoms with van der Waals surface area (Å²) < 4.78 is 1.92. The Kier molecular flexibility index (Phi) is 7.98. The third kappa shape index (κ3) is 4.16. The Morgan fingerprint density at radius 1 is 1.00 bits per heavy atom. The Morgan fingerprint density at radius 2 is 1.52 bits per heavy atom. The second-order valence-corrected chi connectivity index (χ2v) is 6.46. The summed E-state index contributed by atoms with van der Waals surface area (Å²) in [7, 11) is 0. The van der Waals surface area contributed by atoms with E-state index in [1.165, 1.54) is 33.4 Å². The zero-order chi connectivity index (χ0) is 19.6. The summed E-state index contributed by atoms with van der Waals surface area (Å²) in [5.41, 5.74) is 17.3. The van der Waals surface area contributed by atoms with Crippen molar-refractivity contribution < 1.29 is 25.9 Å². The van der Waals surface area contributed by atoms with E-state index in [4.69, 9.17) is 5.73 Å². The minimum Gasteiger partial charge on any atom is -0.662 e. The van der Waals surface area contributed by atoms with E-state index < -0.39 is 5.91 Å². The van der Waals surface area contributed by atoms with Crippen molar-refractivity contribution in [2.75, 3.05) is 0 Å².